The van der Waals surface area contributed by atoms with Crippen molar-refractivity contribution in [1.29, 1.82) is 0 Å². The molecule has 24 heavy (non-hydrogen) atoms. The Labute approximate surface area is 145 Å². The van der Waals surface area contributed by atoms with Crippen molar-refractivity contribution in [2.75, 3.05) is 6.54 Å². The van der Waals surface area contributed by atoms with Gasteiger partial charge in [-0.1, -0.05) is 30.3 Å². The monoisotopic (exact) mass is 341 g/mol. The number of benzene rings is 2. The van der Waals surface area contributed by atoms with E-state index in [2.05, 4.69) is 28.9 Å². The number of hydrogen-bond donors (Lipinski definition) is 1. The summed E-state index contributed by atoms with van der Waals surface area (Å²) in [5, 5.41) is 5.46. The van der Waals surface area contributed by atoms with Crippen LogP contribution in [0.5, 0.6) is 5.75 Å². The normalized spacial score (nSPS) is 10.7. The van der Waals surface area contributed by atoms with Gasteiger partial charge in [0.25, 0.3) is 0 Å². The van der Waals surface area contributed by atoms with Crippen LogP contribution in [0.25, 0.3) is 0 Å². The van der Waals surface area contributed by atoms with Crippen LogP contribution in [0.4, 0.5) is 4.39 Å². The summed E-state index contributed by atoms with van der Waals surface area (Å²) < 4.78 is 18.6. The number of thiophene rings is 1. The van der Waals surface area contributed by atoms with Gasteiger partial charge in [-0.05, 0) is 59.8 Å². The first-order chi connectivity index (χ1) is 11.8. The van der Waals surface area contributed by atoms with Crippen LogP contribution < -0.4 is 10.1 Å². The maximum Gasteiger partial charge on any atom is 0.123 e. The summed E-state index contributed by atoms with van der Waals surface area (Å²) in [5.74, 6) is 0.701. The molecule has 0 aliphatic heterocycles. The van der Waals surface area contributed by atoms with E-state index in [1.807, 2.05) is 30.3 Å². The summed E-state index contributed by atoms with van der Waals surface area (Å²) in [4.78, 5) is 1.22. The maximum absolute atomic E-state index is 12.8. The Hall–Kier alpha value is -2.17. The summed E-state index contributed by atoms with van der Waals surface area (Å²) in [7, 11) is 0. The smallest absolute Gasteiger partial charge is 0.123 e. The molecule has 0 amide bonds. The second kappa shape index (κ2) is 8.62. The third-order valence-electron chi connectivity index (χ3n) is 3.72. The van der Waals surface area contributed by atoms with E-state index in [0.717, 1.165) is 30.8 Å². The van der Waals surface area contributed by atoms with Crippen LogP contribution in [-0.2, 0) is 19.6 Å². The lowest BCUT2D eigenvalue weighted by Crippen LogP contribution is -2.16. The first-order valence-electron chi connectivity index (χ1n) is 7.99. The number of halogens is 1. The van der Waals surface area contributed by atoms with E-state index in [4.69, 9.17) is 4.74 Å². The lowest BCUT2D eigenvalue weighted by atomic mass is 10.1. The zero-order valence-electron chi connectivity index (χ0n) is 13.4. The van der Waals surface area contributed by atoms with Crippen LogP contribution in [0.3, 0.4) is 0 Å². The molecule has 3 aromatic rings. The highest BCUT2D eigenvalue weighted by molar-refractivity contribution is 7.09. The van der Waals surface area contributed by atoms with E-state index in [1.54, 1.807) is 11.3 Å². The SMILES string of the molecule is Fc1ccc(CCNCc2ccc(OCc3cccs3)cc2)cc1. The van der Waals surface area contributed by atoms with Crippen LogP contribution in [-0.4, -0.2) is 6.54 Å². The summed E-state index contributed by atoms with van der Waals surface area (Å²) in [6, 6.07) is 18.9. The molecular weight excluding hydrogens is 321 g/mol. The number of nitrogens with one attached hydrogen (secondary N) is 1. The molecular formula is C20H20FNOS. The lowest BCUT2D eigenvalue weighted by molar-refractivity contribution is 0.309. The van der Waals surface area contributed by atoms with Gasteiger partial charge >= 0.3 is 0 Å². The number of rotatable bonds is 8. The summed E-state index contributed by atoms with van der Waals surface area (Å²) in [5.41, 5.74) is 2.36. The Kier molecular flexibility index (Phi) is 5.99. The van der Waals surface area contributed by atoms with Crippen molar-refractivity contribution in [3.63, 3.8) is 0 Å². The second-order valence-corrected chi connectivity index (χ2v) is 6.60. The Balaban J connectivity index is 1.38. The molecule has 4 heteroatoms. The Morgan fingerprint density at radius 1 is 0.917 bits per heavy atom. The zero-order chi connectivity index (χ0) is 16.6. The maximum atomic E-state index is 12.8. The molecule has 0 aliphatic carbocycles. The quantitative estimate of drug-likeness (QED) is 0.594. The van der Waals surface area contributed by atoms with Gasteiger partial charge in [0.2, 0.25) is 0 Å². The highest BCUT2D eigenvalue weighted by Gasteiger charge is 1.99. The van der Waals surface area contributed by atoms with E-state index in [1.165, 1.54) is 22.6 Å². The predicted octanol–water partition coefficient (Wildman–Crippen LogP) is 4.80. The first-order valence-corrected chi connectivity index (χ1v) is 8.87. The van der Waals surface area contributed by atoms with Gasteiger partial charge in [0.15, 0.2) is 0 Å². The fraction of sp³-hybridized carbons (Fsp3) is 0.200. The zero-order valence-corrected chi connectivity index (χ0v) is 14.2. The molecule has 1 aromatic heterocycles. The number of ether oxygens (including phenoxy) is 1. The van der Waals surface area contributed by atoms with E-state index in [-0.39, 0.29) is 5.82 Å². The molecule has 0 aliphatic rings. The molecule has 0 spiro atoms. The minimum Gasteiger partial charge on any atom is -0.488 e. The molecule has 0 atom stereocenters. The van der Waals surface area contributed by atoms with Gasteiger partial charge < -0.3 is 10.1 Å². The van der Waals surface area contributed by atoms with Gasteiger partial charge in [0.1, 0.15) is 18.2 Å². The molecule has 0 bridgehead atoms. The molecule has 0 saturated heterocycles. The molecule has 2 aromatic carbocycles. The van der Waals surface area contributed by atoms with E-state index < -0.39 is 0 Å². The Morgan fingerprint density at radius 3 is 2.38 bits per heavy atom. The highest BCUT2D eigenvalue weighted by Crippen LogP contribution is 2.16. The van der Waals surface area contributed by atoms with Crippen molar-refractivity contribution in [2.24, 2.45) is 0 Å². The van der Waals surface area contributed by atoms with E-state index >= 15 is 0 Å². The fourth-order valence-corrected chi connectivity index (χ4v) is 2.99. The Bertz CT molecular complexity index is 723. The van der Waals surface area contributed by atoms with Crippen molar-refractivity contribution in [3.8, 4) is 5.75 Å². The van der Waals surface area contributed by atoms with Crippen molar-refractivity contribution in [2.45, 2.75) is 19.6 Å². The van der Waals surface area contributed by atoms with Gasteiger partial charge in [-0.3, -0.25) is 0 Å². The third-order valence-corrected chi connectivity index (χ3v) is 4.57. The predicted molar refractivity (Wildman–Crippen MR) is 96.9 cm³/mol. The molecule has 1 heterocycles. The van der Waals surface area contributed by atoms with Crippen LogP contribution in [0.15, 0.2) is 66.0 Å². The lowest BCUT2D eigenvalue weighted by Gasteiger charge is -2.08. The average Bonchev–Trinajstić information content (AvgIpc) is 3.13. The van der Waals surface area contributed by atoms with Gasteiger partial charge in [0.05, 0.1) is 0 Å². The van der Waals surface area contributed by atoms with Crippen molar-refractivity contribution < 1.29 is 9.13 Å². The second-order valence-electron chi connectivity index (χ2n) is 5.57. The molecule has 0 radical (unpaired) electrons. The van der Waals surface area contributed by atoms with Gasteiger partial charge in [0, 0.05) is 11.4 Å². The summed E-state index contributed by atoms with van der Waals surface area (Å²) >= 11 is 1.70. The summed E-state index contributed by atoms with van der Waals surface area (Å²) in [6.07, 6.45) is 0.891. The van der Waals surface area contributed by atoms with Crippen LogP contribution in [0.1, 0.15) is 16.0 Å². The molecule has 0 unspecified atom stereocenters. The third kappa shape index (κ3) is 5.18. The molecule has 2 nitrogen and oxygen atoms in total. The van der Waals surface area contributed by atoms with Crippen LogP contribution in [0.2, 0.25) is 0 Å². The van der Waals surface area contributed by atoms with Crippen molar-refractivity contribution in [1.82, 2.24) is 5.32 Å². The van der Waals surface area contributed by atoms with Gasteiger partial charge in [-0.25, -0.2) is 4.39 Å². The van der Waals surface area contributed by atoms with E-state index in [9.17, 15) is 4.39 Å². The van der Waals surface area contributed by atoms with Crippen LogP contribution >= 0.6 is 11.3 Å². The summed E-state index contributed by atoms with van der Waals surface area (Å²) in [6.45, 7) is 2.29. The molecule has 3 rings (SSSR count). The van der Waals surface area contributed by atoms with E-state index in [0.29, 0.717) is 6.61 Å². The first kappa shape index (κ1) is 16.7. The fourth-order valence-electron chi connectivity index (χ4n) is 2.37. The molecule has 0 fully saturated rings. The standard InChI is InChI=1S/C20H20FNOS/c21-18-7-3-16(4-8-18)11-12-22-14-17-5-9-19(10-6-17)23-15-20-2-1-13-24-20/h1-10,13,22H,11-12,14-15H2. The minimum absolute atomic E-state index is 0.187. The van der Waals surface area contributed by atoms with Crippen LogP contribution in [0, 0.1) is 5.82 Å². The number of hydrogen-bond acceptors (Lipinski definition) is 3. The average molecular weight is 341 g/mol. The highest BCUT2D eigenvalue weighted by atomic mass is 32.1. The largest absolute Gasteiger partial charge is 0.488 e. The minimum atomic E-state index is -0.187. The molecule has 1 N–H and O–H groups in total. The Morgan fingerprint density at radius 2 is 1.67 bits per heavy atom. The van der Waals surface area contributed by atoms with Crippen molar-refractivity contribution >= 4 is 11.3 Å². The molecule has 0 saturated carbocycles. The van der Waals surface area contributed by atoms with Gasteiger partial charge in [-0.15, -0.1) is 11.3 Å². The van der Waals surface area contributed by atoms with Gasteiger partial charge in [-0.2, -0.15) is 0 Å². The van der Waals surface area contributed by atoms with Crippen molar-refractivity contribution in [3.05, 3.63) is 87.9 Å². The molecule has 124 valence electrons. The topological polar surface area (TPSA) is 21.3 Å².